The lowest BCUT2D eigenvalue weighted by Gasteiger charge is -2.14. The molecule has 1 saturated heterocycles. The monoisotopic (exact) mass is 272 g/mol. The second kappa shape index (κ2) is 5.42. The third-order valence-electron chi connectivity index (χ3n) is 3.69. The summed E-state index contributed by atoms with van der Waals surface area (Å²) in [5.41, 5.74) is 1.96. The number of imidazole rings is 1. The largest absolute Gasteiger partial charge is 0.328 e. The lowest BCUT2D eigenvalue weighted by molar-refractivity contribution is -0.385. The van der Waals surface area contributed by atoms with Crippen molar-refractivity contribution in [3.05, 3.63) is 58.2 Å². The van der Waals surface area contributed by atoms with Gasteiger partial charge < -0.3 is 9.88 Å². The van der Waals surface area contributed by atoms with Crippen LogP contribution in [0, 0.1) is 10.1 Å². The first-order chi connectivity index (χ1) is 9.75. The summed E-state index contributed by atoms with van der Waals surface area (Å²) in [5, 5.41) is 14.5. The number of benzene rings is 1. The second-order valence-electron chi connectivity index (χ2n) is 4.98. The molecule has 1 unspecified atom stereocenters. The van der Waals surface area contributed by atoms with Gasteiger partial charge in [-0.15, -0.1) is 0 Å². The first-order valence-corrected chi connectivity index (χ1v) is 6.71. The molecule has 6 nitrogen and oxygen atoms in total. The third kappa shape index (κ3) is 2.42. The number of nitrogens with one attached hydrogen (secondary N) is 1. The second-order valence-corrected chi connectivity index (χ2v) is 4.98. The summed E-state index contributed by atoms with van der Waals surface area (Å²) in [4.78, 5) is 14.9. The van der Waals surface area contributed by atoms with E-state index in [2.05, 4.69) is 10.3 Å². The fourth-order valence-electron chi connectivity index (χ4n) is 2.70. The van der Waals surface area contributed by atoms with E-state index in [0.29, 0.717) is 18.2 Å². The van der Waals surface area contributed by atoms with E-state index in [-0.39, 0.29) is 10.6 Å². The highest BCUT2D eigenvalue weighted by Crippen LogP contribution is 2.25. The van der Waals surface area contributed by atoms with Gasteiger partial charge in [0.05, 0.1) is 23.5 Å². The summed E-state index contributed by atoms with van der Waals surface area (Å²) in [6.07, 6.45) is 5.83. The van der Waals surface area contributed by atoms with Crippen molar-refractivity contribution in [3.63, 3.8) is 0 Å². The number of aromatic nitrogens is 2. The smallest absolute Gasteiger partial charge is 0.274 e. The Hall–Kier alpha value is -2.21. The molecule has 6 heteroatoms. The van der Waals surface area contributed by atoms with E-state index >= 15 is 0 Å². The maximum atomic E-state index is 11.1. The minimum absolute atomic E-state index is 0.159. The first kappa shape index (κ1) is 12.8. The van der Waals surface area contributed by atoms with Crippen molar-refractivity contribution < 1.29 is 4.92 Å². The molecule has 2 aromatic rings. The summed E-state index contributed by atoms with van der Waals surface area (Å²) in [5.74, 6) is 0. The predicted octanol–water partition coefficient (Wildman–Crippen LogP) is 2.26. The van der Waals surface area contributed by atoms with Crippen LogP contribution in [0.5, 0.6) is 0 Å². The van der Waals surface area contributed by atoms with Crippen LogP contribution in [0.3, 0.4) is 0 Å². The molecule has 1 fully saturated rings. The Kier molecular flexibility index (Phi) is 3.47. The van der Waals surface area contributed by atoms with E-state index in [4.69, 9.17) is 0 Å². The molecule has 1 aliphatic heterocycles. The zero-order valence-corrected chi connectivity index (χ0v) is 11.0. The summed E-state index contributed by atoms with van der Waals surface area (Å²) in [6.45, 7) is 1.49. The van der Waals surface area contributed by atoms with Crippen molar-refractivity contribution in [2.75, 3.05) is 6.54 Å². The van der Waals surface area contributed by atoms with Gasteiger partial charge >= 0.3 is 0 Å². The number of hydrogen-bond donors (Lipinski definition) is 1. The molecule has 1 aliphatic rings. The Bertz CT molecular complexity index is 617. The molecule has 1 aromatic carbocycles. The molecule has 0 radical (unpaired) electrons. The molecule has 0 aliphatic carbocycles. The van der Waals surface area contributed by atoms with Gasteiger partial charge in [-0.1, -0.05) is 18.2 Å². The normalized spacial score (nSPS) is 18.3. The Morgan fingerprint density at radius 2 is 2.30 bits per heavy atom. The zero-order valence-electron chi connectivity index (χ0n) is 11.0. The Labute approximate surface area is 116 Å². The number of para-hydroxylation sites is 1. The lowest BCUT2D eigenvalue weighted by Crippen LogP contribution is -2.17. The maximum absolute atomic E-state index is 11.1. The van der Waals surface area contributed by atoms with Crippen LogP contribution in [0.1, 0.15) is 30.1 Å². The summed E-state index contributed by atoms with van der Waals surface area (Å²) < 4.78 is 1.99. The summed E-state index contributed by atoms with van der Waals surface area (Å²) in [7, 11) is 0. The van der Waals surface area contributed by atoms with E-state index < -0.39 is 0 Å². The van der Waals surface area contributed by atoms with Crippen LogP contribution in [0.4, 0.5) is 5.69 Å². The molecular weight excluding hydrogens is 256 g/mol. The summed E-state index contributed by atoms with van der Waals surface area (Å²) >= 11 is 0. The molecule has 3 rings (SSSR count). The van der Waals surface area contributed by atoms with Crippen LogP contribution in [0.15, 0.2) is 36.8 Å². The minimum Gasteiger partial charge on any atom is -0.328 e. The van der Waals surface area contributed by atoms with Gasteiger partial charge in [-0.2, -0.15) is 0 Å². The van der Waals surface area contributed by atoms with Gasteiger partial charge in [-0.25, -0.2) is 4.98 Å². The predicted molar refractivity (Wildman–Crippen MR) is 74.4 cm³/mol. The van der Waals surface area contributed by atoms with Gasteiger partial charge in [-0.3, -0.25) is 10.1 Å². The van der Waals surface area contributed by atoms with E-state index in [0.717, 1.165) is 25.1 Å². The van der Waals surface area contributed by atoms with E-state index in [1.54, 1.807) is 24.5 Å². The van der Waals surface area contributed by atoms with Crippen LogP contribution >= 0.6 is 0 Å². The van der Waals surface area contributed by atoms with E-state index in [1.807, 2.05) is 16.8 Å². The highest BCUT2D eigenvalue weighted by Gasteiger charge is 2.21. The number of rotatable bonds is 4. The number of hydrogen-bond acceptors (Lipinski definition) is 4. The number of nitrogens with zero attached hydrogens (tertiary/aromatic N) is 3. The molecule has 104 valence electrons. The average molecular weight is 272 g/mol. The molecule has 0 bridgehead atoms. The number of nitro groups is 1. The number of nitro benzene ring substituents is 1. The van der Waals surface area contributed by atoms with Crippen LogP contribution < -0.4 is 5.32 Å². The van der Waals surface area contributed by atoms with Gasteiger partial charge in [0.25, 0.3) is 5.69 Å². The Morgan fingerprint density at radius 1 is 1.45 bits per heavy atom. The van der Waals surface area contributed by atoms with Crippen molar-refractivity contribution in [1.29, 1.82) is 0 Å². The molecule has 0 spiro atoms. The zero-order chi connectivity index (χ0) is 13.9. The van der Waals surface area contributed by atoms with Crippen LogP contribution in [-0.4, -0.2) is 21.0 Å². The van der Waals surface area contributed by atoms with Gasteiger partial charge in [0.2, 0.25) is 0 Å². The molecule has 1 aromatic heterocycles. The topological polar surface area (TPSA) is 73.0 Å². The van der Waals surface area contributed by atoms with Crippen LogP contribution in [0.25, 0.3) is 0 Å². The molecule has 0 saturated carbocycles. The van der Waals surface area contributed by atoms with Gasteiger partial charge in [0.1, 0.15) is 0 Å². The maximum Gasteiger partial charge on any atom is 0.274 e. The Balaban J connectivity index is 1.88. The van der Waals surface area contributed by atoms with Crippen molar-refractivity contribution in [2.24, 2.45) is 0 Å². The highest BCUT2D eigenvalue weighted by molar-refractivity contribution is 5.40. The van der Waals surface area contributed by atoms with Crippen LogP contribution in [-0.2, 0) is 6.54 Å². The third-order valence-corrected chi connectivity index (χ3v) is 3.69. The van der Waals surface area contributed by atoms with Crippen LogP contribution in [0.2, 0.25) is 0 Å². The SMILES string of the molecule is O=[N+]([O-])c1ccccc1Cn1cncc1C1CCCN1. The Morgan fingerprint density at radius 3 is 3.05 bits per heavy atom. The van der Waals surface area contributed by atoms with Gasteiger partial charge in [0.15, 0.2) is 0 Å². The van der Waals surface area contributed by atoms with Crippen molar-refractivity contribution in [2.45, 2.75) is 25.4 Å². The fourth-order valence-corrected chi connectivity index (χ4v) is 2.70. The van der Waals surface area contributed by atoms with E-state index in [9.17, 15) is 10.1 Å². The van der Waals surface area contributed by atoms with Gasteiger partial charge in [0, 0.05) is 23.9 Å². The molecule has 20 heavy (non-hydrogen) atoms. The highest BCUT2D eigenvalue weighted by atomic mass is 16.6. The molecule has 1 atom stereocenters. The lowest BCUT2D eigenvalue weighted by atomic mass is 10.1. The summed E-state index contributed by atoms with van der Waals surface area (Å²) in [6, 6.07) is 7.16. The minimum atomic E-state index is -0.334. The van der Waals surface area contributed by atoms with Gasteiger partial charge in [-0.05, 0) is 19.4 Å². The van der Waals surface area contributed by atoms with Crippen molar-refractivity contribution >= 4 is 5.69 Å². The quantitative estimate of drug-likeness (QED) is 0.684. The van der Waals surface area contributed by atoms with Crippen molar-refractivity contribution in [1.82, 2.24) is 14.9 Å². The molecule has 1 N–H and O–H groups in total. The first-order valence-electron chi connectivity index (χ1n) is 6.71. The van der Waals surface area contributed by atoms with E-state index in [1.165, 1.54) is 0 Å². The molecular formula is C14H16N4O2. The van der Waals surface area contributed by atoms with Crippen molar-refractivity contribution in [3.8, 4) is 0 Å². The fraction of sp³-hybridized carbons (Fsp3) is 0.357. The standard InChI is InChI=1S/C14H16N4O2/c19-18(20)13-6-2-1-4-11(13)9-17-10-15-8-14(17)12-5-3-7-16-12/h1-2,4,6,8,10,12,16H,3,5,7,9H2. The average Bonchev–Trinajstić information content (AvgIpc) is 3.09. The molecule has 2 heterocycles. The molecule has 0 amide bonds.